The SMILES string of the molecule is CN(C)c1ccc(\C=C/C=C/C=C\c2ccccc2)cc1. The second-order valence-corrected chi connectivity index (χ2v) is 5.00. The van der Waals surface area contributed by atoms with Crippen LogP contribution in [0.2, 0.25) is 0 Å². The first-order valence-corrected chi connectivity index (χ1v) is 7.09. The van der Waals surface area contributed by atoms with Crippen LogP contribution in [0, 0.1) is 0 Å². The smallest absolute Gasteiger partial charge is 0.0361 e. The molecule has 0 aromatic heterocycles. The van der Waals surface area contributed by atoms with Gasteiger partial charge in [0.1, 0.15) is 0 Å². The third kappa shape index (κ3) is 5.15. The van der Waals surface area contributed by atoms with E-state index in [2.05, 4.69) is 65.6 Å². The molecule has 0 heterocycles. The number of benzene rings is 2. The highest BCUT2D eigenvalue weighted by molar-refractivity contribution is 5.57. The summed E-state index contributed by atoms with van der Waals surface area (Å²) >= 11 is 0. The van der Waals surface area contributed by atoms with Crippen LogP contribution in [-0.4, -0.2) is 14.1 Å². The minimum Gasteiger partial charge on any atom is -0.378 e. The van der Waals surface area contributed by atoms with E-state index < -0.39 is 0 Å². The average molecular weight is 275 g/mol. The second kappa shape index (κ2) is 7.91. The van der Waals surface area contributed by atoms with E-state index in [1.807, 2.05) is 44.4 Å². The van der Waals surface area contributed by atoms with Crippen LogP contribution in [0.1, 0.15) is 11.1 Å². The van der Waals surface area contributed by atoms with Gasteiger partial charge in [0.25, 0.3) is 0 Å². The van der Waals surface area contributed by atoms with Crippen molar-refractivity contribution in [1.82, 2.24) is 0 Å². The highest BCUT2D eigenvalue weighted by atomic mass is 15.1. The Bertz CT molecular complexity index is 617. The first-order chi connectivity index (χ1) is 10.3. The number of nitrogens with zero attached hydrogens (tertiary/aromatic N) is 1. The van der Waals surface area contributed by atoms with E-state index in [1.165, 1.54) is 16.8 Å². The van der Waals surface area contributed by atoms with E-state index in [0.29, 0.717) is 0 Å². The minimum atomic E-state index is 1.21. The van der Waals surface area contributed by atoms with Crippen molar-refractivity contribution in [2.24, 2.45) is 0 Å². The van der Waals surface area contributed by atoms with Crippen molar-refractivity contribution in [3.8, 4) is 0 Å². The Hall–Kier alpha value is -2.54. The molecule has 0 aliphatic carbocycles. The topological polar surface area (TPSA) is 3.24 Å². The fraction of sp³-hybridized carbons (Fsp3) is 0.100. The van der Waals surface area contributed by atoms with Crippen LogP contribution >= 0.6 is 0 Å². The first kappa shape index (κ1) is 14.9. The quantitative estimate of drug-likeness (QED) is 0.691. The molecule has 0 bridgehead atoms. The Kier molecular flexibility index (Phi) is 5.60. The predicted molar refractivity (Wildman–Crippen MR) is 94.4 cm³/mol. The van der Waals surface area contributed by atoms with Gasteiger partial charge in [-0.05, 0) is 23.3 Å². The summed E-state index contributed by atoms with van der Waals surface area (Å²) in [6.45, 7) is 0. The standard InChI is InChI=1S/C20H21N/c1-21(2)20-16-14-19(15-17-20)13-7-4-3-6-10-18-11-8-5-9-12-18/h3-17H,1-2H3/b4-3+,10-6-,13-7-. The van der Waals surface area contributed by atoms with Gasteiger partial charge in [0.15, 0.2) is 0 Å². The number of hydrogen-bond acceptors (Lipinski definition) is 1. The molecule has 0 saturated heterocycles. The maximum Gasteiger partial charge on any atom is 0.0361 e. The normalized spacial score (nSPS) is 11.7. The Morgan fingerprint density at radius 3 is 1.67 bits per heavy atom. The zero-order valence-corrected chi connectivity index (χ0v) is 12.6. The lowest BCUT2D eigenvalue weighted by Gasteiger charge is -2.11. The lowest BCUT2D eigenvalue weighted by atomic mass is 10.2. The van der Waals surface area contributed by atoms with Gasteiger partial charge < -0.3 is 4.90 Å². The molecule has 0 N–H and O–H groups in total. The van der Waals surface area contributed by atoms with Gasteiger partial charge >= 0.3 is 0 Å². The minimum absolute atomic E-state index is 1.21. The molecule has 1 nitrogen and oxygen atoms in total. The molecule has 0 atom stereocenters. The number of rotatable bonds is 5. The molecule has 106 valence electrons. The van der Waals surface area contributed by atoms with E-state index in [1.54, 1.807) is 0 Å². The molecular weight excluding hydrogens is 254 g/mol. The monoisotopic (exact) mass is 275 g/mol. The van der Waals surface area contributed by atoms with Crippen molar-refractivity contribution in [2.45, 2.75) is 0 Å². The molecule has 1 heteroatoms. The molecule has 0 amide bonds. The molecule has 0 fully saturated rings. The number of hydrogen-bond donors (Lipinski definition) is 0. The zero-order valence-electron chi connectivity index (χ0n) is 12.6. The van der Waals surface area contributed by atoms with Crippen LogP contribution in [0.25, 0.3) is 12.2 Å². The molecule has 2 aromatic carbocycles. The van der Waals surface area contributed by atoms with Gasteiger partial charge in [0, 0.05) is 19.8 Å². The van der Waals surface area contributed by atoms with Crippen LogP contribution in [0.15, 0.2) is 78.9 Å². The van der Waals surface area contributed by atoms with Gasteiger partial charge in [-0.15, -0.1) is 0 Å². The van der Waals surface area contributed by atoms with Crippen molar-refractivity contribution >= 4 is 17.8 Å². The van der Waals surface area contributed by atoms with Crippen molar-refractivity contribution in [3.63, 3.8) is 0 Å². The highest BCUT2D eigenvalue weighted by Crippen LogP contribution is 2.13. The van der Waals surface area contributed by atoms with Gasteiger partial charge in [-0.1, -0.05) is 78.9 Å². The summed E-state index contributed by atoms with van der Waals surface area (Å²) < 4.78 is 0. The van der Waals surface area contributed by atoms with Crippen molar-refractivity contribution in [3.05, 3.63) is 90.0 Å². The Labute approximate surface area is 127 Å². The molecule has 0 aliphatic rings. The lowest BCUT2D eigenvalue weighted by molar-refractivity contribution is 1.13. The van der Waals surface area contributed by atoms with Crippen LogP contribution in [-0.2, 0) is 0 Å². The summed E-state index contributed by atoms with van der Waals surface area (Å²) in [5, 5.41) is 0. The van der Waals surface area contributed by atoms with Gasteiger partial charge in [-0.25, -0.2) is 0 Å². The summed E-state index contributed by atoms with van der Waals surface area (Å²) in [5.41, 5.74) is 3.64. The third-order valence-electron chi connectivity index (χ3n) is 3.12. The van der Waals surface area contributed by atoms with Crippen LogP contribution in [0.4, 0.5) is 5.69 Å². The van der Waals surface area contributed by atoms with E-state index in [4.69, 9.17) is 0 Å². The lowest BCUT2D eigenvalue weighted by Crippen LogP contribution is -2.07. The molecule has 0 saturated carbocycles. The van der Waals surface area contributed by atoms with Crippen LogP contribution in [0.5, 0.6) is 0 Å². The molecule has 0 spiro atoms. The maximum atomic E-state index is 2.12. The second-order valence-electron chi connectivity index (χ2n) is 5.00. The van der Waals surface area contributed by atoms with E-state index in [-0.39, 0.29) is 0 Å². The summed E-state index contributed by atoms with van der Waals surface area (Å²) in [6.07, 6.45) is 12.4. The van der Waals surface area contributed by atoms with Crippen molar-refractivity contribution < 1.29 is 0 Å². The fourth-order valence-electron chi connectivity index (χ4n) is 1.91. The molecule has 21 heavy (non-hydrogen) atoms. The van der Waals surface area contributed by atoms with Gasteiger partial charge in [-0.3, -0.25) is 0 Å². The van der Waals surface area contributed by atoms with E-state index in [9.17, 15) is 0 Å². The molecule has 0 aliphatic heterocycles. The zero-order chi connectivity index (χ0) is 14.9. The Morgan fingerprint density at radius 2 is 1.14 bits per heavy atom. The van der Waals surface area contributed by atoms with Crippen molar-refractivity contribution in [2.75, 3.05) is 19.0 Å². The summed E-state index contributed by atoms with van der Waals surface area (Å²) in [5.74, 6) is 0. The molecule has 0 radical (unpaired) electrons. The van der Waals surface area contributed by atoms with Crippen LogP contribution < -0.4 is 4.90 Å². The summed E-state index contributed by atoms with van der Waals surface area (Å²) in [4.78, 5) is 2.10. The molecular formula is C20H21N. The van der Waals surface area contributed by atoms with Crippen LogP contribution in [0.3, 0.4) is 0 Å². The first-order valence-electron chi connectivity index (χ1n) is 7.09. The summed E-state index contributed by atoms with van der Waals surface area (Å²) in [7, 11) is 4.10. The Morgan fingerprint density at radius 1 is 0.619 bits per heavy atom. The molecule has 2 rings (SSSR count). The van der Waals surface area contributed by atoms with E-state index in [0.717, 1.165) is 0 Å². The fourth-order valence-corrected chi connectivity index (χ4v) is 1.91. The van der Waals surface area contributed by atoms with Crippen molar-refractivity contribution in [1.29, 1.82) is 0 Å². The highest BCUT2D eigenvalue weighted by Gasteiger charge is 1.92. The predicted octanol–water partition coefficient (Wildman–Crippen LogP) is 5.04. The summed E-state index contributed by atoms with van der Waals surface area (Å²) in [6, 6.07) is 18.8. The van der Waals surface area contributed by atoms with Gasteiger partial charge in [0.2, 0.25) is 0 Å². The molecule has 0 unspecified atom stereocenters. The van der Waals surface area contributed by atoms with Gasteiger partial charge in [-0.2, -0.15) is 0 Å². The maximum absolute atomic E-state index is 2.12. The number of allylic oxidation sites excluding steroid dienone is 4. The average Bonchev–Trinajstić information content (AvgIpc) is 2.52. The third-order valence-corrected chi connectivity index (χ3v) is 3.12. The molecule has 2 aromatic rings. The van der Waals surface area contributed by atoms with E-state index >= 15 is 0 Å². The number of anilines is 1. The largest absolute Gasteiger partial charge is 0.378 e. The van der Waals surface area contributed by atoms with Gasteiger partial charge in [0.05, 0.1) is 0 Å². The Balaban J connectivity index is 1.87.